The molecule has 0 aromatic rings. The number of carbonyl (C=O) groups excluding carboxylic acids is 2. The molecule has 1 saturated heterocycles. The first kappa shape index (κ1) is 14.3. The van der Waals surface area contributed by atoms with Crippen LogP contribution in [-0.2, 0) is 14.3 Å². The Bertz CT molecular complexity index is 318. The molecule has 0 bridgehead atoms. The summed E-state index contributed by atoms with van der Waals surface area (Å²) in [5, 5.41) is 3.50. The van der Waals surface area contributed by atoms with E-state index in [0.29, 0.717) is 19.5 Å². The maximum Gasteiger partial charge on any atom is 0.310 e. The maximum atomic E-state index is 11.9. The highest BCUT2D eigenvalue weighted by Gasteiger charge is 2.34. The van der Waals surface area contributed by atoms with Crippen molar-refractivity contribution >= 4 is 11.9 Å². The van der Waals surface area contributed by atoms with E-state index < -0.39 is 0 Å². The molecule has 0 radical (unpaired) electrons. The van der Waals surface area contributed by atoms with Gasteiger partial charge in [-0.2, -0.15) is 0 Å². The SMILES string of the molecule is CCC(=O)N1CC(NCC2CC2)CC(C(=O)OC)C1. The number of nitrogens with zero attached hydrogens (tertiary/aromatic N) is 1. The zero-order valence-corrected chi connectivity index (χ0v) is 11.9. The summed E-state index contributed by atoms with van der Waals surface area (Å²) in [4.78, 5) is 25.4. The number of esters is 1. The molecule has 1 heterocycles. The van der Waals surface area contributed by atoms with Crippen molar-refractivity contribution in [1.29, 1.82) is 0 Å². The van der Waals surface area contributed by atoms with Crippen LogP contribution in [0, 0.1) is 11.8 Å². The van der Waals surface area contributed by atoms with Gasteiger partial charge in [-0.15, -0.1) is 0 Å². The van der Waals surface area contributed by atoms with Crippen LogP contribution in [0.3, 0.4) is 0 Å². The Kier molecular flexibility index (Phi) is 4.80. The van der Waals surface area contributed by atoms with Gasteiger partial charge in [0.05, 0.1) is 13.0 Å². The first-order valence-corrected chi connectivity index (χ1v) is 7.23. The van der Waals surface area contributed by atoms with E-state index in [0.717, 1.165) is 18.9 Å². The van der Waals surface area contributed by atoms with Crippen LogP contribution in [0.2, 0.25) is 0 Å². The quantitative estimate of drug-likeness (QED) is 0.749. The monoisotopic (exact) mass is 268 g/mol. The minimum Gasteiger partial charge on any atom is -0.469 e. The van der Waals surface area contributed by atoms with Crippen molar-refractivity contribution in [1.82, 2.24) is 10.2 Å². The number of ether oxygens (including phenoxy) is 1. The summed E-state index contributed by atoms with van der Waals surface area (Å²) in [5.41, 5.74) is 0. The summed E-state index contributed by atoms with van der Waals surface area (Å²) in [6, 6.07) is 0.217. The number of nitrogens with one attached hydrogen (secondary N) is 1. The second-order valence-corrected chi connectivity index (χ2v) is 5.66. The highest BCUT2D eigenvalue weighted by molar-refractivity contribution is 5.78. The third kappa shape index (κ3) is 3.93. The minimum absolute atomic E-state index is 0.117. The first-order valence-electron chi connectivity index (χ1n) is 7.23. The number of amides is 1. The van der Waals surface area contributed by atoms with Crippen LogP contribution in [0.15, 0.2) is 0 Å². The molecule has 2 atom stereocenters. The molecule has 0 aromatic heterocycles. The van der Waals surface area contributed by atoms with E-state index in [1.165, 1.54) is 20.0 Å². The zero-order chi connectivity index (χ0) is 13.8. The highest BCUT2D eigenvalue weighted by atomic mass is 16.5. The molecule has 1 aliphatic carbocycles. The fourth-order valence-electron chi connectivity index (χ4n) is 2.67. The summed E-state index contributed by atoms with van der Waals surface area (Å²) < 4.78 is 4.83. The van der Waals surface area contributed by atoms with Crippen LogP contribution in [0.4, 0.5) is 0 Å². The average molecular weight is 268 g/mol. The Morgan fingerprint density at radius 3 is 2.63 bits per heavy atom. The molecule has 0 aromatic carbocycles. The third-order valence-electron chi connectivity index (χ3n) is 4.03. The standard InChI is InChI=1S/C14H24N2O3/c1-3-13(17)16-8-11(14(18)19-2)6-12(9-16)15-7-10-4-5-10/h10-12,15H,3-9H2,1-2H3. The highest BCUT2D eigenvalue weighted by Crippen LogP contribution is 2.28. The number of methoxy groups -OCH3 is 1. The Balaban J connectivity index is 1.93. The van der Waals surface area contributed by atoms with Crippen molar-refractivity contribution in [2.45, 2.75) is 38.6 Å². The Hall–Kier alpha value is -1.10. The predicted octanol–water partition coefficient (Wildman–Crippen LogP) is 0.786. The van der Waals surface area contributed by atoms with E-state index in [9.17, 15) is 9.59 Å². The topological polar surface area (TPSA) is 58.6 Å². The fraction of sp³-hybridized carbons (Fsp3) is 0.857. The van der Waals surface area contributed by atoms with Crippen LogP contribution in [-0.4, -0.2) is 49.6 Å². The van der Waals surface area contributed by atoms with Crippen molar-refractivity contribution < 1.29 is 14.3 Å². The number of carbonyl (C=O) groups is 2. The number of hydrogen-bond acceptors (Lipinski definition) is 4. The van der Waals surface area contributed by atoms with Gasteiger partial charge in [0.15, 0.2) is 0 Å². The van der Waals surface area contributed by atoms with E-state index in [4.69, 9.17) is 4.74 Å². The molecule has 0 spiro atoms. The summed E-state index contributed by atoms with van der Waals surface area (Å²) in [7, 11) is 1.41. The Morgan fingerprint density at radius 2 is 2.05 bits per heavy atom. The molecule has 2 rings (SSSR count). The zero-order valence-electron chi connectivity index (χ0n) is 11.9. The van der Waals surface area contributed by atoms with Gasteiger partial charge in [-0.05, 0) is 31.7 Å². The number of piperidine rings is 1. The number of hydrogen-bond donors (Lipinski definition) is 1. The molecule has 1 N–H and O–H groups in total. The van der Waals surface area contributed by atoms with Crippen LogP contribution < -0.4 is 5.32 Å². The van der Waals surface area contributed by atoms with Gasteiger partial charge in [-0.1, -0.05) is 6.92 Å². The Morgan fingerprint density at radius 1 is 1.32 bits per heavy atom. The second-order valence-electron chi connectivity index (χ2n) is 5.66. The third-order valence-corrected chi connectivity index (χ3v) is 4.03. The normalized spacial score (nSPS) is 27.2. The predicted molar refractivity (Wildman–Crippen MR) is 71.5 cm³/mol. The van der Waals surface area contributed by atoms with Gasteiger partial charge in [0.2, 0.25) is 5.91 Å². The van der Waals surface area contributed by atoms with Crippen molar-refractivity contribution in [2.24, 2.45) is 11.8 Å². The Labute approximate surface area is 114 Å². The van der Waals surface area contributed by atoms with Gasteiger partial charge < -0.3 is 15.0 Å². The van der Waals surface area contributed by atoms with E-state index in [1.54, 1.807) is 4.90 Å². The molecule has 19 heavy (non-hydrogen) atoms. The van der Waals surface area contributed by atoms with E-state index in [1.807, 2.05) is 6.92 Å². The van der Waals surface area contributed by atoms with Gasteiger partial charge >= 0.3 is 5.97 Å². The molecule has 1 aliphatic heterocycles. The van der Waals surface area contributed by atoms with Crippen molar-refractivity contribution in [3.63, 3.8) is 0 Å². The maximum absolute atomic E-state index is 11.9. The number of likely N-dealkylation sites (tertiary alicyclic amines) is 1. The smallest absolute Gasteiger partial charge is 0.310 e. The van der Waals surface area contributed by atoms with Gasteiger partial charge in [-0.3, -0.25) is 9.59 Å². The van der Waals surface area contributed by atoms with Gasteiger partial charge in [0.25, 0.3) is 0 Å². The van der Waals surface area contributed by atoms with E-state index >= 15 is 0 Å². The number of rotatable bonds is 5. The molecule has 2 aliphatic rings. The summed E-state index contributed by atoms with van der Waals surface area (Å²) in [5.74, 6) is 0.526. The molecular weight excluding hydrogens is 244 g/mol. The summed E-state index contributed by atoms with van der Waals surface area (Å²) in [6.45, 7) is 4.08. The lowest BCUT2D eigenvalue weighted by Crippen LogP contribution is -2.53. The van der Waals surface area contributed by atoms with Crippen LogP contribution in [0.5, 0.6) is 0 Å². The molecule has 108 valence electrons. The molecular formula is C14H24N2O3. The van der Waals surface area contributed by atoms with Crippen LogP contribution in [0.25, 0.3) is 0 Å². The lowest BCUT2D eigenvalue weighted by Gasteiger charge is -2.37. The minimum atomic E-state index is -0.202. The van der Waals surface area contributed by atoms with E-state index in [-0.39, 0.29) is 23.8 Å². The van der Waals surface area contributed by atoms with Gasteiger partial charge in [-0.25, -0.2) is 0 Å². The lowest BCUT2D eigenvalue weighted by atomic mass is 9.94. The first-order chi connectivity index (χ1) is 9.13. The average Bonchev–Trinajstić information content (AvgIpc) is 3.27. The van der Waals surface area contributed by atoms with E-state index in [2.05, 4.69) is 5.32 Å². The van der Waals surface area contributed by atoms with Crippen molar-refractivity contribution in [2.75, 3.05) is 26.7 Å². The summed E-state index contributed by atoms with van der Waals surface area (Å²) in [6.07, 6.45) is 3.87. The van der Waals surface area contributed by atoms with Gasteiger partial charge in [0, 0.05) is 25.6 Å². The molecule has 1 saturated carbocycles. The molecule has 2 unspecified atom stereocenters. The second kappa shape index (κ2) is 6.37. The lowest BCUT2D eigenvalue weighted by molar-refractivity contribution is -0.149. The molecule has 5 heteroatoms. The van der Waals surface area contributed by atoms with Crippen LogP contribution >= 0.6 is 0 Å². The molecule has 5 nitrogen and oxygen atoms in total. The van der Waals surface area contributed by atoms with Crippen molar-refractivity contribution in [3.05, 3.63) is 0 Å². The van der Waals surface area contributed by atoms with Crippen LogP contribution in [0.1, 0.15) is 32.6 Å². The largest absolute Gasteiger partial charge is 0.469 e. The molecule has 2 fully saturated rings. The molecule has 1 amide bonds. The van der Waals surface area contributed by atoms with Gasteiger partial charge in [0.1, 0.15) is 0 Å². The summed E-state index contributed by atoms with van der Waals surface area (Å²) >= 11 is 0. The van der Waals surface area contributed by atoms with Crippen molar-refractivity contribution in [3.8, 4) is 0 Å². The fourth-order valence-corrected chi connectivity index (χ4v) is 2.67.